The van der Waals surface area contributed by atoms with Gasteiger partial charge in [-0.3, -0.25) is 4.79 Å². The van der Waals surface area contributed by atoms with Crippen LogP contribution in [0.1, 0.15) is 60.5 Å². The molecule has 0 bridgehead atoms. The molecular formula is C26H25N7O2. The highest BCUT2D eigenvalue weighted by Crippen LogP contribution is 2.40. The molecule has 1 aliphatic rings. The maximum atomic E-state index is 13.5. The standard InChI is InChI=1S/C26H25N7O2/c1-15(2)33-14-28-31-25(33)19-5-4-6-22(29-19)30-26(34)24-23(18-11-16(3)7-10-21(18)35-24)32-12-20(27-13-32)17-8-9-17/h4-7,10-15,17H,8-9H2,1-3H3,(H,29,30,34). The molecule has 0 spiro atoms. The fraction of sp³-hybridized carbons (Fsp3) is 0.269. The summed E-state index contributed by atoms with van der Waals surface area (Å²) in [5.41, 5.74) is 4.07. The van der Waals surface area contributed by atoms with Crippen LogP contribution in [0.4, 0.5) is 5.82 Å². The Kier molecular flexibility index (Phi) is 4.98. The van der Waals surface area contributed by atoms with Crippen molar-refractivity contribution >= 4 is 22.7 Å². The average molecular weight is 468 g/mol. The van der Waals surface area contributed by atoms with Crippen LogP contribution in [-0.2, 0) is 0 Å². The number of rotatable bonds is 6. The summed E-state index contributed by atoms with van der Waals surface area (Å²) in [6.07, 6.45) is 7.74. The molecule has 0 saturated heterocycles. The van der Waals surface area contributed by atoms with Gasteiger partial charge in [0.2, 0.25) is 5.76 Å². The second kappa shape index (κ2) is 8.19. The van der Waals surface area contributed by atoms with Crippen LogP contribution >= 0.6 is 0 Å². The molecule has 0 unspecified atom stereocenters. The van der Waals surface area contributed by atoms with Crippen LogP contribution in [0.5, 0.6) is 0 Å². The molecule has 1 amide bonds. The van der Waals surface area contributed by atoms with E-state index in [0.29, 0.717) is 34.5 Å². The number of nitrogens with one attached hydrogen (secondary N) is 1. The molecule has 1 aliphatic carbocycles. The molecule has 5 aromatic rings. The molecule has 35 heavy (non-hydrogen) atoms. The van der Waals surface area contributed by atoms with Crippen LogP contribution in [-0.4, -0.2) is 35.2 Å². The number of aryl methyl sites for hydroxylation is 1. The first-order valence-electron chi connectivity index (χ1n) is 11.7. The summed E-state index contributed by atoms with van der Waals surface area (Å²) in [6.45, 7) is 6.12. The normalized spacial score (nSPS) is 13.6. The van der Waals surface area contributed by atoms with Gasteiger partial charge in [0.25, 0.3) is 5.91 Å². The lowest BCUT2D eigenvalue weighted by Gasteiger charge is -2.10. The highest BCUT2D eigenvalue weighted by atomic mass is 16.3. The third-order valence-corrected chi connectivity index (χ3v) is 6.23. The Morgan fingerprint density at radius 3 is 2.83 bits per heavy atom. The minimum atomic E-state index is -0.384. The number of aromatic nitrogens is 6. The van der Waals surface area contributed by atoms with Crippen molar-refractivity contribution in [3.8, 4) is 17.2 Å². The van der Waals surface area contributed by atoms with Crippen LogP contribution in [0.15, 0.2) is 59.7 Å². The number of hydrogen-bond donors (Lipinski definition) is 1. The smallest absolute Gasteiger partial charge is 0.294 e. The molecule has 1 N–H and O–H groups in total. The molecule has 9 heteroatoms. The fourth-order valence-corrected chi connectivity index (χ4v) is 4.26. The lowest BCUT2D eigenvalue weighted by atomic mass is 10.1. The first kappa shape index (κ1) is 21.3. The van der Waals surface area contributed by atoms with Gasteiger partial charge in [-0.05, 0) is 57.9 Å². The summed E-state index contributed by atoms with van der Waals surface area (Å²) in [5, 5.41) is 12.0. The third-order valence-electron chi connectivity index (χ3n) is 6.23. The predicted octanol–water partition coefficient (Wildman–Crippen LogP) is 5.29. The van der Waals surface area contributed by atoms with Crippen LogP contribution < -0.4 is 5.32 Å². The van der Waals surface area contributed by atoms with Crippen molar-refractivity contribution in [1.82, 2.24) is 29.3 Å². The number of furan rings is 1. The van der Waals surface area contributed by atoms with Crippen molar-refractivity contribution in [2.24, 2.45) is 0 Å². The van der Waals surface area contributed by atoms with Gasteiger partial charge in [0, 0.05) is 23.5 Å². The predicted molar refractivity (Wildman–Crippen MR) is 132 cm³/mol. The Hall–Kier alpha value is -4.27. The number of benzene rings is 1. The SMILES string of the molecule is Cc1ccc2oc(C(=O)Nc3cccc(-c4nncn4C(C)C)n3)c(-n3cnc(C4CC4)c3)c2c1. The number of carbonyl (C=O) groups excluding carboxylic acids is 1. The average Bonchev–Trinajstić information content (AvgIpc) is 3.23. The number of pyridine rings is 1. The van der Waals surface area contributed by atoms with E-state index in [2.05, 4.69) is 25.5 Å². The van der Waals surface area contributed by atoms with Gasteiger partial charge in [-0.15, -0.1) is 10.2 Å². The molecular weight excluding hydrogens is 442 g/mol. The van der Waals surface area contributed by atoms with Gasteiger partial charge >= 0.3 is 0 Å². The largest absolute Gasteiger partial charge is 0.449 e. The molecule has 176 valence electrons. The molecule has 0 radical (unpaired) electrons. The quantitative estimate of drug-likeness (QED) is 0.364. The second-order valence-corrected chi connectivity index (χ2v) is 9.28. The maximum absolute atomic E-state index is 13.5. The number of fused-ring (bicyclic) bond motifs is 1. The van der Waals surface area contributed by atoms with E-state index >= 15 is 0 Å². The second-order valence-electron chi connectivity index (χ2n) is 9.28. The molecule has 4 aromatic heterocycles. The van der Waals surface area contributed by atoms with E-state index in [1.54, 1.807) is 18.7 Å². The van der Waals surface area contributed by atoms with Crippen molar-refractivity contribution in [2.75, 3.05) is 5.32 Å². The van der Waals surface area contributed by atoms with Gasteiger partial charge in [-0.2, -0.15) is 0 Å². The van der Waals surface area contributed by atoms with Gasteiger partial charge in [0.15, 0.2) is 5.82 Å². The van der Waals surface area contributed by atoms with Crippen LogP contribution in [0.2, 0.25) is 0 Å². The van der Waals surface area contributed by atoms with Crippen molar-refractivity contribution < 1.29 is 9.21 Å². The van der Waals surface area contributed by atoms with Crippen LogP contribution in [0.25, 0.3) is 28.2 Å². The van der Waals surface area contributed by atoms with E-state index in [1.165, 1.54) is 0 Å². The fourth-order valence-electron chi connectivity index (χ4n) is 4.26. The van der Waals surface area contributed by atoms with Crippen molar-refractivity contribution in [3.05, 3.63) is 72.3 Å². The lowest BCUT2D eigenvalue weighted by Crippen LogP contribution is -2.14. The molecule has 0 aliphatic heterocycles. The van der Waals surface area contributed by atoms with E-state index < -0.39 is 0 Å². The Labute approximate surface area is 201 Å². The monoisotopic (exact) mass is 467 g/mol. The van der Waals surface area contributed by atoms with E-state index in [-0.39, 0.29) is 17.7 Å². The van der Waals surface area contributed by atoms with E-state index in [4.69, 9.17) is 4.42 Å². The Morgan fingerprint density at radius 2 is 2.03 bits per heavy atom. The first-order valence-corrected chi connectivity index (χ1v) is 11.7. The zero-order valence-electron chi connectivity index (χ0n) is 19.8. The number of imidazole rings is 1. The minimum absolute atomic E-state index is 0.178. The topological polar surface area (TPSA) is 104 Å². The highest BCUT2D eigenvalue weighted by Gasteiger charge is 2.28. The summed E-state index contributed by atoms with van der Waals surface area (Å²) in [4.78, 5) is 22.7. The number of carbonyl (C=O) groups is 1. The molecule has 1 saturated carbocycles. The molecule has 1 fully saturated rings. The molecule has 1 aromatic carbocycles. The lowest BCUT2D eigenvalue weighted by molar-refractivity contribution is 0.0998. The summed E-state index contributed by atoms with van der Waals surface area (Å²) in [7, 11) is 0. The van der Waals surface area contributed by atoms with Gasteiger partial charge in [-0.1, -0.05) is 17.7 Å². The van der Waals surface area contributed by atoms with Gasteiger partial charge in [-0.25, -0.2) is 9.97 Å². The van der Waals surface area contributed by atoms with Crippen molar-refractivity contribution in [2.45, 2.75) is 45.6 Å². The van der Waals surface area contributed by atoms with Crippen molar-refractivity contribution in [3.63, 3.8) is 0 Å². The third kappa shape index (κ3) is 3.88. The number of hydrogen-bond acceptors (Lipinski definition) is 6. The van der Waals surface area contributed by atoms with E-state index in [1.807, 2.05) is 66.4 Å². The van der Waals surface area contributed by atoms with Crippen LogP contribution in [0, 0.1) is 6.92 Å². The summed E-state index contributed by atoms with van der Waals surface area (Å²) in [5.74, 6) is 1.38. The van der Waals surface area contributed by atoms with E-state index in [9.17, 15) is 4.79 Å². The first-order chi connectivity index (χ1) is 17.0. The number of nitrogens with zero attached hydrogens (tertiary/aromatic N) is 6. The molecule has 6 rings (SSSR count). The Balaban J connectivity index is 1.38. The number of amides is 1. The van der Waals surface area contributed by atoms with E-state index in [0.717, 1.165) is 29.5 Å². The Bertz CT molecular complexity index is 1550. The zero-order valence-corrected chi connectivity index (χ0v) is 19.8. The van der Waals surface area contributed by atoms with Gasteiger partial charge in [0.05, 0.1) is 12.0 Å². The van der Waals surface area contributed by atoms with Gasteiger partial charge in [0.1, 0.15) is 29.1 Å². The van der Waals surface area contributed by atoms with Gasteiger partial charge < -0.3 is 18.9 Å². The molecule has 4 heterocycles. The molecule has 0 atom stereocenters. The van der Waals surface area contributed by atoms with Crippen LogP contribution in [0.3, 0.4) is 0 Å². The number of anilines is 1. The zero-order chi connectivity index (χ0) is 24.1. The highest BCUT2D eigenvalue weighted by molar-refractivity contribution is 6.09. The maximum Gasteiger partial charge on any atom is 0.294 e. The summed E-state index contributed by atoms with van der Waals surface area (Å²) in [6, 6.07) is 11.5. The summed E-state index contributed by atoms with van der Waals surface area (Å²) < 4.78 is 9.89. The molecule has 9 nitrogen and oxygen atoms in total. The summed E-state index contributed by atoms with van der Waals surface area (Å²) >= 11 is 0. The van der Waals surface area contributed by atoms with Crippen molar-refractivity contribution in [1.29, 1.82) is 0 Å². The Morgan fingerprint density at radius 1 is 1.17 bits per heavy atom. The minimum Gasteiger partial charge on any atom is -0.449 e.